The lowest BCUT2D eigenvalue weighted by molar-refractivity contribution is 0.399. The van der Waals surface area contributed by atoms with Crippen LogP contribution in [0.2, 0.25) is 0 Å². The number of nitrogens with one attached hydrogen (secondary N) is 2. The highest BCUT2D eigenvalue weighted by atomic mass is 127. The molecule has 0 aliphatic rings. The zero-order chi connectivity index (χ0) is 85.8. The Morgan fingerprint density at radius 2 is 0.689 bits per heavy atom. The predicted molar refractivity (Wildman–Crippen MR) is 530 cm³/mol. The average molecular weight is 1910 g/mol. The number of nitrogens with two attached hydrogens (primary N) is 1. The Balaban J connectivity index is 0.000000124. The van der Waals surface area contributed by atoms with Crippen molar-refractivity contribution in [1.82, 2.24) is 27.8 Å². The second-order valence-corrected chi connectivity index (χ2v) is 31.3. The van der Waals surface area contributed by atoms with E-state index in [2.05, 4.69) is 210 Å². The number of nitrogen functional groups attached to an aromatic ring is 1. The van der Waals surface area contributed by atoms with Gasteiger partial charge in [-0.15, -0.1) is 0 Å². The van der Waals surface area contributed by atoms with Gasteiger partial charge in [-0.2, -0.15) is 0 Å². The fraction of sp³-hybridized carbons (Fsp3) is 0.0388. The molecule has 600 valence electrons. The number of nitrogens with zero attached hydrogens (tertiary/aromatic N) is 5. The number of rotatable bonds is 9. The standard InChI is InChI=1S/C38H26N2O.C24H17BO2.C14H11BrN2O.C13H9BrN2O.C12H11BrN2.CH3I.CH4O/c1-39-34-22-21-28(24-35(34)40(38(39)41)29-13-3-2-4-14-29)37-32-17-9-7-15-30(32)36(31-16-8-10-18-33(31)37)27-20-19-25-11-5-6-12-26(25)23-27;26-25(27)24-21-11-5-3-9-19(21)23(20-10-4-6-12-22(20)24)18-14-13-16-7-1-2-8-17(16)15-18;1-16-12-8-7-10(15)9-13(12)17(14(16)18)11-5-3-2-4-6-11;14-9-6-7-11-12(8-9)16(13(17)15-11)10-4-2-1-3-5-10;13-9-6-7-11(14)12(8-9)15-10-4-2-1-3-5-10;2*1-2/h2-24H,1H3;1-15,26-27H;2-9H,1H3;1-8H,(H,15,17);1-8,15H,14H2;1H3;2H,1H3/i;;;;;1D;. The maximum absolute atomic E-state index is 13.4. The van der Waals surface area contributed by atoms with Crippen molar-refractivity contribution in [2.75, 3.05) is 23.1 Å². The molecule has 0 fully saturated rings. The van der Waals surface area contributed by atoms with Crippen molar-refractivity contribution < 1.29 is 16.5 Å². The van der Waals surface area contributed by atoms with Crippen LogP contribution >= 0.6 is 70.4 Å². The molecule has 0 unspecified atom stereocenters. The van der Waals surface area contributed by atoms with Crippen molar-refractivity contribution >= 4 is 198 Å². The number of hydrogen-bond donors (Lipinski definition) is 6. The van der Waals surface area contributed by atoms with Crippen LogP contribution in [0.5, 0.6) is 0 Å². The van der Waals surface area contributed by atoms with Gasteiger partial charge in [-0.05, 0) is 236 Å². The molecule has 14 nitrogen and oxygen atoms in total. The Kier molecular flexibility index (Phi) is 25.9. The first-order valence-electron chi connectivity index (χ1n) is 39.8. The highest BCUT2D eigenvalue weighted by Gasteiger charge is 2.24. The number of aromatic amines is 1. The monoisotopic (exact) mass is 1900 g/mol. The maximum atomic E-state index is 13.4. The summed E-state index contributed by atoms with van der Waals surface area (Å²) in [6.07, 6.45) is 0. The number of para-hydroxylation sites is 4. The van der Waals surface area contributed by atoms with Crippen LogP contribution in [-0.4, -0.2) is 62.1 Å². The van der Waals surface area contributed by atoms with Crippen molar-refractivity contribution in [2.24, 2.45) is 14.1 Å². The number of alkyl halides is 1. The minimum Gasteiger partial charge on any atom is -0.423 e. The molecule has 21 aromatic rings. The van der Waals surface area contributed by atoms with Crippen LogP contribution in [0.15, 0.2) is 404 Å². The van der Waals surface area contributed by atoms with Crippen molar-refractivity contribution in [3.8, 4) is 50.4 Å². The average Bonchev–Trinajstić information content (AvgIpc) is 1.41. The number of fused-ring (bicyclic) bond motifs is 9. The molecular formula is C103H81BBr3IN8O6. The molecule has 0 atom stereocenters. The van der Waals surface area contributed by atoms with E-state index in [1.165, 1.54) is 59.8 Å². The molecule has 3 heterocycles. The molecular weight excluding hydrogens is 1820 g/mol. The number of hydrogen-bond acceptors (Lipinski definition) is 8. The van der Waals surface area contributed by atoms with E-state index in [4.69, 9.17) is 12.2 Å². The smallest absolute Gasteiger partial charge is 0.423 e. The lowest BCUT2D eigenvalue weighted by Crippen LogP contribution is -2.31. The number of aliphatic hydroxyl groups is 1. The molecule has 0 saturated heterocycles. The van der Waals surface area contributed by atoms with Gasteiger partial charge >= 0.3 is 24.2 Å². The Morgan fingerprint density at radius 3 is 1.13 bits per heavy atom. The van der Waals surface area contributed by atoms with E-state index in [1.807, 2.05) is 259 Å². The van der Waals surface area contributed by atoms with Gasteiger partial charge in [0.05, 0.1) is 61.5 Å². The van der Waals surface area contributed by atoms with Gasteiger partial charge in [-0.25, -0.2) is 14.4 Å². The van der Waals surface area contributed by atoms with Crippen molar-refractivity contribution in [3.63, 3.8) is 0 Å². The summed E-state index contributed by atoms with van der Waals surface area (Å²) < 4.78 is 17.7. The highest BCUT2D eigenvalue weighted by Crippen LogP contribution is 2.45. The number of H-pyrrole nitrogens is 1. The van der Waals surface area contributed by atoms with E-state index >= 15 is 0 Å². The molecule has 0 amide bonds. The largest absolute Gasteiger partial charge is 0.489 e. The minimum absolute atomic E-state index is 0.0331. The number of benzene rings is 18. The van der Waals surface area contributed by atoms with Crippen LogP contribution in [0.3, 0.4) is 0 Å². The molecule has 3 aromatic heterocycles. The van der Waals surface area contributed by atoms with Crippen LogP contribution in [0, 0.1) is 0 Å². The first-order valence-corrected chi connectivity index (χ1v) is 43.0. The molecule has 0 aliphatic carbocycles. The Hall–Kier alpha value is -13.0. The van der Waals surface area contributed by atoms with Gasteiger partial charge in [-0.1, -0.05) is 319 Å². The zero-order valence-electron chi connectivity index (χ0n) is 67.5. The molecule has 7 N–H and O–H groups in total. The highest BCUT2D eigenvalue weighted by molar-refractivity contribution is 14.1. The second kappa shape index (κ2) is 38.2. The van der Waals surface area contributed by atoms with Gasteiger partial charge < -0.3 is 31.2 Å². The Labute approximate surface area is 744 Å². The van der Waals surface area contributed by atoms with Crippen LogP contribution in [0.1, 0.15) is 1.37 Å². The molecule has 0 aliphatic heterocycles. The summed E-state index contributed by atoms with van der Waals surface area (Å²) in [5.74, 6) is 0. The third-order valence-corrected chi connectivity index (χ3v) is 22.8. The van der Waals surface area contributed by atoms with Crippen LogP contribution in [0.4, 0.5) is 17.1 Å². The summed E-state index contributed by atoms with van der Waals surface area (Å²) in [6.45, 7) is 0. The second-order valence-electron chi connectivity index (χ2n) is 28.6. The number of halogens is 4. The molecule has 0 saturated carbocycles. The molecule has 122 heavy (non-hydrogen) atoms. The Bertz CT molecular complexity index is 7480. The maximum Gasteiger partial charge on any atom is 0.489 e. The van der Waals surface area contributed by atoms with E-state index in [-0.39, 0.29) is 17.1 Å². The number of imidazole rings is 3. The topological polar surface area (TPSA) is 190 Å². The van der Waals surface area contributed by atoms with Gasteiger partial charge in [0.25, 0.3) is 0 Å². The Morgan fingerprint density at radius 1 is 0.361 bits per heavy atom. The third-order valence-electron chi connectivity index (χ3n) is 21.4. The summed E-state index contributed by atoms with van der Waals surface area (Å²) in [5.41, 5.74) is 23.8. The van der Waals surface area contributed by atoms with Crippen LogP contribution < -0.4 is 33.6 Å². The van der Waals surface area contributed by atoms with Crippen LogP contribution in [0.25, 0.3) is 148 Å². The lowest BCUT2D eigenvalue weighted by Gasteiger charge is -2.18. The quantitative estimate of drug-likeness (QED) is 0.0270. The van der Waals surface area contributed by atoms with E-state index in [0.29, 0.717) is 10.4 Å². The summed E-state index contributed by atoms with van der Waals surface area (Å²) in [7, 11) is 3.11. The number of anilines is 3. The summed E-state index contributed by atoms with van der Waals surface area (Å²) in [4.78, 5) is 40.9. The van der Waals surface area contributed by atoms with E-state index in [9.17, 15) is 24.4 Å². The summed E-state index contributed by atoms with van der Waals surface area (Å²) in [5, 5.41) is 43.9. The third kappa shape index (κ3) is 17.4. The number of aliphatic hydroxyl groups excluding tert-OH is 1. The van der Waals surface area contributed by atoms with Crippen LogP contribution in [-0.2, 0) is 14.1 Å². The van der Waals surface area contributed by atoms with Crippen molar-refractivity contribution in [1.29, 1.82) is 0 Å². The molecule has 0 radical (unpaired) electrons. The molecule has 19 heteroatoms. The van der Waals surface area contributed by atoms with E-state index < -0.39 is 7.12 Å². The normalized spacial score (nSPS) is 11.0. The van der Waals surface area contributed by atoms with Gasteiger partial charge in [-0.3, -0.25) is 22.8 Å². The predicted octanol–water partition coefficient (Wildman–Crippen LogP) is 24.2. The van der Waals surface area contributed by atoms with E-state index in [0.717, 1.165) is 126 Å². The van der Waals surface area contributed by atoms with Gasteiger partial charge in [0.2, 0.25) is 0 Å². The number of aryl methyl sites for hydroxylation is 2. The van der Waals surface area contributed by atoms with Gasteiger partial charge in [0, 0.05) is 41.7 Å². The SMILES string of the molecule is CO.Cn1c(=O)n(-c2ccccc2)c2cc(-c3c4ccccc4c(-c4ccc5ccccc5c4)c4ccccc34)ccc21.Cn1c(=O)n(-c2ccccc2)c2cc(Br)ccc21.Nc1ccc(Br)cc1Nc1ccccc1.O=c1[nH]c2ccc(Br)cc2n1-c1ccccc1.OB(O)c1c2ccccc2c(-c2ccc3ccccc3c2)c2ccccc12.[2H]CI. The summed E-state index contributed by atoms with van der Waals surface area (Å²) in [6, 6.07) is 126. The fourth-order valence-electron chi connectivity index (χ4n) is 15.9. The lowest BCUT2D eigenvalue weighted by atomic mass is 9.72. The van der Waals surface area contributed by atoms with Gasteiger partial charge in [0.15, 0.2) is 0 Å². The van der Waals surface area contributed by atoms with Crippen molar-refractivity contribution in [3.05, 3.63) is 421 Å². The van der Waals surface area contributed by atoms with Gasteiger partial charge in [0.1, 0.15) is 0 Å². The van der Waals surface area contributed by atoms with E-state index in [1.54, 1.807) is 25.3 Å². The van der Waals surface area contributed by atoms with Crippen molar-refractivity contribution in [2.45, 2.75) is 0 Å². The number of aromatic nitrogens is 6. The fourth-order valence-corrected chi connectivity index (χ4v) is 16.9. The zero-order valence-corrected chi connectivity index (χ0v) is 73.4. The minimum atomic E-state index is -1.52. The molecule has 18 aromatic carbocycles. The molecule has 0 bridgehead atoms. The summed E-state index contributed by atoms with van der Waals surface area (Å²) >= 11 is 12.2. The molecule has 0 spiro atoms. The molecule has 21 rings (SSSR count). The first kappa shape index (κ1) is 82.7. The first-order chi connectivity index (χ1) is 60.0.